The van der Waals surface area contributed by atoms with Gasteiger partial charge in [0.25, 0.3) is 17.4 Å². The van der Waals surface area contributed by atoms with Crippen LogP contribution in [0.5, 0.6) is 5.88 Å². The van der Waals surface area contributed by atoms with Crippen LogP contribution in [0, 0.1) is 0 Å². The fraction of sp³-hybridized carbons (Fsp3) is 0.278. The number of nitrogens with zero attached hydrogens (tertiary/aromatic N) is 4. The number of benzene rings is 4. The molecule has 2 N–H and O–H groups in total. The third-order valence-electron chi connectivity index (χ3n) is 9.09. The van der Waals surface area contributed by atoms with Crippen molar-refractivity contribution in [2.45, 2.75) is 32.9 Å². The van der Waals surface area contributed by atoms with Crippen LogP contribution in [0.15, 0.2) is 76.7 Å². The first-order valence-electron chi connectivity index (χ1n) is 15.5. The molecule has 0 saturated carbocycles. The smallest absolute Gasteiger partial charge is 0.263 e. The first kappa shape index (κ1) is 28.9. The molecular formula is C36H35N5O4. The van der Waals surface area contributed by atoms with E-state index in [1.165, 1.54) is 9.47 Å². The van der Waals surface area contributed by atoms with Crippen molar-refractivity contribution in [2.75, 3.05) is 32.7 Å². The van der Waals surface area contributed by atoms with Gasteiger partial charge < -0.3 is 10.4 Å². The number of aromatic hydroxyl groups is 1. The molecule has 4 aromatic carbocycles. The molecule has 9 heteroatoms. The van der Waals surface area contributed by atoms with Crippen LogP contribution in [0.25, 0.3) is 38.4 Å². The third-order valence-corrected chi connectivity index (χ3v) is 9.09. The molecule has 3 heterocycles. The van der Waals surface area contributed by atoms with Gasteiger partial charge in [-0.05, 0) is 74.5 Å². The van der Waals surface area contributed by atoms with E-state index in [2.05, 4.69) is 29.1 Å². The molecule has 2 aliphatic heterocycles. The van der Waals surface area contributed by atoms with E-state index in [9.17, 15) is 19.5 Å². The lowest BCUT2D eigenvalue weighted by Crippen LogP contribution is -2.46. The standard InChI is InChI=1S/C36H35N5O4/c1-22(2)39(19-20-41-33(42)26-10-3-7-23-8-4-11-27(29(23)26)34(41)43)17-6-14-37-16-18-40-35(44)28-12-5-9-24-21-25-13-15-38-32(25)31(30(24)28)36(40)45/h3-5,7-13,15,21-22,37,44H,6,14,16-20H2,1-2H3. The Hall–Kier alpha value is -4.86. The van der Waals surface area contributed by atoms with Crippen LogP contribution >= 0.6 is 0 Å². The van der Waals surface area contributed by atoms with E-state index in [4.69, 9.17) is 0 Å². The zero-order valence-corrected chi connectivity index (χ0v) is 25.4. The number of imide groups is 1. The molecule has 0 atom stereocenters. The number of hydrogen-bond acceptors (Lipinski definition) is 7. The second-order valence-corrected chi connectivity index (χ2v) is 12.0. The lowest BCUT2D eigenvalue weighted by atomic mass is 9.94. The summed E-state index contributed by atoms with van der Waals surface area (Å²) in [6, 6.07) is 19.1. The zero-order valence-electron chi connectivity index (χ0n) is 25.4. The summed E-state index contributed by atoms with van der Waals surface area (Å²) in [7, 11) is 0. The van der Waals surface area contributed by atoms with Crippen LogP contribution in [0.4, 0.5) is 0 Å². The maximum atomic E-state index is 13.6. The van der Waals surface area contributed by atoms with Gasteiger partial charge in [0.2, 0.25) is 5.88 Å². The molecule has 7 rings (SSSR count). The van der Waals surface area contributed by atoms with Crippen LogP contribution < -0.4 is 16.2 Å². The van der Waals surface area contributed by atoms with Crippen LogP contribution in [0.2, 0.25) is 0 Å². The number of fused-ring (bicyclic) bond motifs is 2. The van der Waals surface area contributed by atoms with E-state index in [0.29, 0.717) is 60.0 Å². The number of carbonyl (C=O) groups is 2. The Labute approximate surface area is 260 Å². The molecule has 228 valence electrons. The van der Waals surface area contributed by atoms with Gasteiger partial charge in [-0.2, -0.15) is 0 Å². The monoisotopic (exact) mass is 601 g/mol. The number of pyridine rings is 1. The highest BCUT2D eigenvalue weighted by atomic mass is 16.3. The van der Waals surface area contributed by atoms with Gasteiger partial charge in [-0.15, -0.1) is 0 Å². The fourth-order valence-electron chi connectivity index (χ4n) is 6.77. The minimum atomic E-state index is -0.242. The summed E-state index contributed by atoms with van der Waals surface area (Å²) in [6.07, 6.45) is 4.45. The number of carbonyl (C=O) groups excluding carboxylic acids is 2. The summed E-state index contributed by atoms with van der Waals surface area (Å²) in [4.78, 5) is 48.3. The molecule has 0 radical (unpaired) electrons. The number of nitrogens with one attached hydrogen (secondary N) is 1. The minimum Gasteiger partial charge on any atom is -0.494 e. The van der Waals surface area contributed by atoms with Gasteiger partial charge in [0.1, 0.15) is 0 Å². The van der Waals surface area contributed by atoms with Crippen molar-refractivity contribution in [1.82, 2.24) is 19.7 Å². The van der Waals surface area contributed by atoms with Gasteiger partial charge in [-0.1, -0.05) is 36.4 Å². The van der Waals surface area contributed by atoms with Crippen molar-refractivity contribution in [3.63, 3.8) is 0 Å². The number of rotatable bonds is 11. The molecule has 5 aromatic rings. The Balaban J connectivity index is 0.969. The highest BCUT2D eigenvalue weighted by Crippen LogP contribution is 2.31. The summed E-state index contributed by atoms with van der Waals surface area (Å²) in [5, 5.41) is 19.6. The summed E-state index contributed by atoms with van der Waals surface area (Å²) < 4.78 is 1.43. The molecule has 9 nitrogen and oxygen atoms in total. The number of amides is 2. The number of hydrogen-bond donors (Lipinski definition) is 2. The van der Waals surface area contributed by atoms with Crippen molar-refractivity contribution in [3.05, 3.63) is 99.3 Å². The molecule has 2 amide bonds. The maximum Gasteiger partial charge on any atom is 0.263 e. The lowest BCUT2D eigenvalue weighted by Gasteiger charge is -2.31. The van der Waals surface area contributed by atoms with Gasteiger partial charge in [-0.25, -0.2) is 0 Å². The molecule has 0 unspecified atom stereocenters. The molecule has 0 spiro atoms. The van der Waals surface area contributed by atoms with Gasteiger partial charge in [-0.3, -0.25) is 33.7 Å². The van der Waals surface area contributed by atoms with Crippen molar-refractivity contribution in [3.8, 4) is 5.88 Å². The zero-order chi connectivity index (χ0) is 31.2. The molecule has 2 aliphatic rings. The van der Waals surface area contributed by atoms with Crippen LogP contribution in [-0.4, -0.2) is 70.1 Å². The van der Waals surface area contributed by atoms with E-state index in [0.717, 1.165) is 40.1 Å². The normalized spacial score (nSPS) is 14.1. The van der Waals surface area contributed by atoms with Gasteiger partial charge in [0, 0.05) is 71.3 Å². The highest BCUT2D eigenvalue weighted by molar-refractivity contribution is 6.25. The van der Waals surface area contributed by atoms with Gasteiger partial charge in [0.15, 0.2) is 0 Å². The fourth-order valence-corrected chi connectivity index (χ4v) is 6.77. The largest absolute Gasteiger partial charge is 0.494 e. The van der Waals surface area contributed by atoms with E-state index in [1.807, 2.05) is 54.6 Å². The maximum absolute atomic E-state index is 13.6. The highest BCUT2D eigenvalue weighted by Gasteiger charge is 2.32. The first-order valence-corrected chi connectivity index (χ1v) is 15.5. The second-order valence-electron chi connectivity index (χ2n) is 12.0. The molecule has 1 aromatic heterocycles. The van der Waals surface area contributed by atoms with Crippen LogP contribution in [-0.2, 0) is 6.54 Å². The van der Waals surface area contributed by atoms with Crippen LogP contribution in [0.1, 0.15) is 46.5 Å². The summed E-state index contributed by atoms with van der Waals surface area (Å²) in [6.45, 7) is 7.44. The predicted octanol–water partition coefficient (Wildman–Crippen LogP) is 4.32. The predicted molar refractivity (Wildman–Crippen MR) is 177 cm³/mol. The van der Waals surface area contributed by atoms with Crippen molar-refractivity contribution >= 4 is 50.2 Å². The van der Waals surface area contributed by atoms with Gasteiger partial charge in [0.05, 0.1) is 10.7 Å². The van der Waals surface area contributed by atoms with E-state index < -0.39 is 0 Å². The minimum absolute atomic E-state index is 0.0301. The van der Waals surface area contributed by atoms with E-state index >= 15 is 0 Å². The van der Waals surface area contributed by atoms with E-state index in [-0.39, 0.29) is 29.3 Å². The summed E-state index contributed by atoms with van der Waals surface area (Å²) in [5.74, 6) is -0.510. The Bertz CT molecular complexity index is 2100. The average molecular weight is 602 g/mol. The number of aromatic nitrogens is 1. The van der Waals surface area contributed by atoms with Crippen molar-refractivity contribution in [2.24, 2.45) is 4.99 Å². The van der Waals surface area contributed by atoms with Crippen molar-refractivity contribution < 1.29 is 14.7 Å². The van der Waals surface area contributed by atoms with E-state index in [1.54, 1.807) is 18.3 Å². The topological polar surface area (TPSA) is 107 Å². The molecule has 0 saturated heterocycles. The Morgan fingerprint density at radius 2 is 1.56 bits per heavy atom. The molecule has 0 fully saturated rings. The second kappa shape index (κ2) is 11.6. The first-order chi connectivity index (χ1) is 21.8. The van der Waals surface area contributed by atoms with Crippen LogP contribution in [0.3, 0.4) is 0 Å². The summed E-state index contributed by atoms with van der Waals surface area (Å²) >= 11 is 0. The SMILES string of the molecule is CC(C)N(CCCNCCn1c(O)c2cccc3cc4c(c(c1=O)c32)=NC=C4)CCN1C(=O)c2cccc3cccc(c23)C1=O. The lowest BCUT2D eigenvalue weighted by molar-refractivity contribution is 0.0584. The molecular weight excluding hydrogens is 566 g/mol. The van der Waals surface area contributed by atoms with Gasteiger partial charge >= 0.3 is 0 Å². The molecule has 45 heavy (non-hydrogen) atoms. The Morgan fingerprint density at radius 3 is 2.29 bits per heavy atom. The molecule has 0 aliphatic carbocycles. The average Bonchev–Trinajstić information content (AvgIpc) is 3.51. The quantitative estimate of drug-likeness (QED) is 0.173. The third kappa shape index (κ3) is 4.88. The Morgan fingerprint density at radius 1 is 0.844 bits per heavy atom. The molecule has 0 bridgehead atoms. The van der Waals surface area contributed by atoms with Crippen molar-refractivity contribution in [1.29, 1.82) is 0 Å². The Kier molecular flexibility index (Phi) is 7.43. The summed E-state index contributed by atoms with van der Waals surface area (Å²) in [5.41, 5.74) is 1.82.